The number of amides is 2. The Bertz CT molecular complexity index is 1040. The predicted octanol–water partition coefficient (Wildman–Crippen LogP) is 6.11. The van der Waals surface area contributed by atoms with Gasteiger partial charge < -0.3 is 10.2 Å². The Morgan fingerprint density at radius 1 is 1.00 bits per heavy atom. The molecule has 2 aliphatic rings. The first-order chi connectivity index (χ1) is 14.2. The highest BCUT2D eigenvalue weighted by Crippen LogP contribution is 2.45. The fraction of sp³-hybridized carbons (Fsp3) is 0.320. The number of nitrogens with one attached hydrogen (secondary N) is 1. The molecular weight excluding hydrogens is 376 g/mol. The van der Waals surface area contributed by atoms with Crippen LogP contribution in [0.15, 0.2) is 54.6 Å². The Hall–Kier alpha value is -2.59. The summed E-state index contributed by atoms with van der Waals surface area (Å²) in [6, 6.07) is 18.5. The van der Waals surface area contributed by atoms with E-state index in [1.165, 1.54) is 41.7 Å². The minimum Gasteiger partial charge on any atom is -0.312 e. The van der Waals surface area contributed by atoms with Gasteiger partial charge in [0, 0.05) is 22.0 Å². The van der Waals surface area contributed by atoms with Crippen LogP contribution >= 0.6 is 11.3 Å². The molecule has 1 N–H and O–H groups in total. The SMILES string of the molecule is Cc1cccc(NC(=O)N2CCc3c(sc4c3CCCC4)[C@H]2c2ccccc2)c1. The fourth-order valence-electron chi connectivity index (χ4n) is 4.75. The van der Waals surface area contributed by atoms with Gasteiger partial charge in [0.05, 0.1) is 6.04 Å². The number of aryl methyl sites for hydroxylation is 2. The van der Waals surface area contributed by atoms with Crippen molar-refractivity contribution in [1.29, 1.82) is 0 Å². The number of hydrogen-bond acceptors (Lipinski definition) is 2. The number of rotatable bonds is 2. The normalized spacial score (nSPS) is 18.1. The lowest BCUT2D eigenvalue weighted by Crippen LogP contribution is -2.42. The standard InChI is InChI=1S/C25H26N2OS/c1-17-8-7-11-19(16-17)26-25(28)27-15-14-21-20-12-5-6-13-22(20)29-24(21)23(27)18-9-3-2-4-10-18/h2-4,7-11,16,23H,5-6,12-15H2,1H3,(H,26,28)/t23-/m1/s1. The molecule has 0 spiro atoms. The number of nitrogens with zero attached hydrogens (tertiary/aromatic N) is 1. The molecule has 2 amide bonds. The molecule has 1 aliphatic heterocycles. The zero-order chi connectivity index (χ0) is 19.8. The molecule has 0 radical (unpaired) electrons. The molecule has 1 aromatic heterocycles. The zero-order valence-corrected chi connectivity index (χ0v) is 17.6. The second kappa shape index (κ2) is 7.68. The van der Waals surface area contributed by atoms with Crippen molar-refractivity contribution in [3.63, 3.8) is 0 Å². The molecular formula is C25H26N2OS. The quantitative estimate of drug-likeness (QED) is 0.551. The number of carbonyl (C=O) groups excluding carboxylic acids is 1. The molecule has 1 aliphatic carbocycles. The Balaban J connectivity index is 1.53. The first kappa shape index (κ1) is 18.4. The van der Waals surface area contributed by atoms with E-state index in [-0.39, 0.29) is 12.1 Å². The van der Waals surface area contributed by atoms with E-state index in [9.17, 15) is 4.79 Å². The van der Waals surface area contributed by atoms with Gasteiger partial charge in [-0.2, -0.15) is 0 Å². The average molecular weight is 403 g/mol. The van der Waals surface area contributed by atoms with Crippen LogP contribution in [0.3, 0.4) is 0 Å². The molecule has 4 heteroatoms. The Morgan fingerprint density at radius 3 is 2.66 bits per heavy atom. The van der Waals surface area contributed by atoms with Gasteiger partial charge in [0.15, 0.2) is 0 Å². The van der Waals surface area contributed by atoms with E-state index >= 15 is 0 Å². The largest absolute Gasteiger partial charge is 0.322 e. The predicted molar refractivity (Wildman–Crippen MR) is 120 cm³/mol. The summed E-state index contributed by atoms with van der Waals surface area (Å²) in [4.78, 5) is 18.3. The number of carbonyl (C=O) groups is 1. The number of benzene rings is 2. The maximum Gasteiger partial charge on any atom is 0.322 e. The van der Waals surface area contributed by atoms with Gasteiger partial charge >= 0.3 is 6.03 Å². The highest BCUT2D eigenvalue weighted by Gasteiger charge is 2.36. The lowest BCUT2D eigenvalue weighted by molar-refractivity contribution is 0.195. The molecule has 0 saturated heterocycles. The summed E-state index contributed by atoms with van der Waals surface area (Å²) in [5, 5.41) is 3.14. The Labute approximate surface area is 176 Å². The van der Waals surface area contributed by atoms with Gasteiger partial charge in [0.25, 0.3) is 0 Å². The highest BCUT2D eigenvalue weighted by atomic mass is 32.1. The van der Waals surface area contributed by atoms with Crippen molar-refractivity contribution in [2.24, 2.45) is 0 Å². The molecule has 0 fully saturated rings. The Morgan fingerprint density at radius 2 is 1.83 bits per heavy atom. The lowest BCUT2D eigenvalue weighted by atomic mass is 9.88. The van der Waals surface area contributed by atoms with Gasteiger partial charge in [-0.15, -0.1) is 11.3 Å². The second-order valence-electron chi connectivity index (χ2n) is 8.11. The minimum absolute atomic E-state index is 0.000333. The molecule has 2 heterocycles. The molecule has 29 heavy (non-hydrogen) atoms. The number of urea groups is 1. The highest BCUT2D eigenvalue weighted by molar-refractivity contribution is 7.12. The third kappa shape index (κ3) is 3.46. The topological polar surface area (TPSA) is 32.3 Å². The van der Waals surface area contributed by atoms with Crippen LogP contribution in [0.25, 0.3) is 0 Å². The number of anilines is 1. The van der Waals surface area contributed by atoms with E-state index in [0.29, 0.717) is 0 Å². The van der Waals surface area contributed by atoms with Gasteiger partial charge in [-0.05, 0) is 73.4 Å². The monoisotopic (exact) mass is 402 g/mol. The lowest BCUT2D eigenvalue weighted by Gasteiger charge is -2.36. The van der Waals surface area contributed by atoms with Gasteiger partial charge in [0.1, 0.15) is 0 Å². The molecule has 3 aromatic rings. The van der Waals surface area contributed by atoms with Crippen molar-refractivity contribution < 1.29 is 4.79 Å². The fourth-order valence-corrected chi connectivity index (χ4v) is 6.34. The molecule has 5 rings (SSSR count). The summed E-state index contributed by atoms with van der Waals surface area (Å²) in [7, 11) is 0. The summed E-state index contributed by atoms with van der Waals surface area (Å²) in [6.45, 7) is 2.80. The van der Waals surface area contributed by atoms with Crippen molar-refractivity contribution in [3.05, 3.63) is 86.6 Å². The van der Waals surface area contributed by atoms with Crippen LogP contribution in [0, 0.1) is 6.92 Å². The minimum atomic E-state index is -0.0125. The first-order valence-electron chi connectivity index (χ1n) is 10.5. The summed E-state index contributed by atoms with van der Waals surface area (Å²) in [5.74, 6) is 0. The molecule has 3 nitrogen and oxygen atoms in total. The number of fused-ring (bicyclic) bond motifs is 3. The van der Waals surface area contributed by atoms with E-state index in [1.807, 2.05) is 53.5 Å². The van der Waals surface area contributed by atoms with E-state index in [2.05, 4.69) is 29.6 Å². The summed E-state index contributed by atoms with van der Waals surface area (Å²) in [5.41, 5.74) is 6.33. The van der Waals surface area contributed by atoms with Gasteiger partial charge in [-0.3, -0.25) is 0 Å². The third-order valence-corrected chi connectivity index (χ3v) is 7.51. The molecule has 0 bridgehead atoms. The van der Waals surface area contributed by atoms with Crippen molar-refractivity contribution in [3.8, 4) is 0 Å². The van der Waals surface area contributed by atoms with Crippen molar-refractivity contribution in [2.45, 2.75) is 45.1 Å². The molecule has 148 valence electrons. The van der Waals surface area contributed by atoms with E-state index in [0.717, 1.165) is 24.2 Å². The number of thiophene rings is 1. The maximum absolute atomic E-state index is 13.3. The second-order valence-corrected chi connectivity index (χ2v) is 9.25. The van der Waals surface area contributed by atoms with Crippen molar-refractivity contribution in [2.75, 3.05) is 11.9 Å². The van der Waals surface area contributed by atoms with E-state index in [1.54, 1.807) is 10.4 Å². The summed E-state index contributed by atoms with van der Waals surface area (Å²) < 4.78 is 0. The number of hydrogen-bond donors (Lipinski definition) is 1. The van der Waals surface area contributed by atoms with Gasteiger partial charge in [0.2, 0.25) is 0 Å². The zero-order valence-electron chi connectivity index (χ0n) is 16.8. The van der Waals surface area contributed by atoms with Gasteiger partial charge in [-0.1, -0.05) is 42.5 Å². The van der Waals surface area contributed by atoms with Crippen LogP contribution in [-0.2, 0) is 19.3 Å². The molecule has 1 atom stereocenters. The van der Waals surface area contributed by atoms with Crippen LogP contribution in [0.2, 0.25) is 0 Å². The smallest absolute Gasteiger partial charge is 0.312 e. The summed E-state index contributed by atoms with van der Waals surface area (Å²) >= 11 is 1.95. The summed E-state index contributed by atoms with van der Waals surface area (Å²) in [6.07, 6.45) is 5.96. The molecule has 0 saturated carbocycles. The van der Waals surface area contributed by atoms with Crippen LogP contribution in [0.5, 0.6) is 0 Å². The molecule has 2 aromatic carbocycles. The van der Waals surface area contributed by atoms with Crippen molar-refractivity contribution >= 4 is 23.1 Å². The maximum atomic E-state index is 13.3. The van der Waals surface area contributed by atoms with Crippen LogP contribution < -0.4 is 5.32 Å². The van der Waals surface area contributed by atoms with Crippen LogP contribution in [0.1, 0.15) is 50.9 Å². The van der Waals surface area contributed by atoms with E-state index in [4.69, 9.17) is 0 Å². The molecule has 0 unspecified atom stereocenters. The van der Waals surface area contributed by atoms with Crippen LogP contribution in [-0.4, -0.2) is 17.5 Å². The first-order valence-corrected chi connectivity index (χ1v) is 11.3. The third-order valence-electron chi connectivity index (χ3n) is 6.12. The van der Waals surface area contributed by atoms with E-state index < -0.39 is 0 Å². The van der Waals surface area contributed by atoms with Crippen LogP contribution in [0.4, 0.5) is 10.5 Å². The average Bonchev–Trinajstić information content (AvgIpc) is 3.12. The van der Waals surface area contributed by atoms with Crippen molar-refractivity contribution in [1.82, 2.24) is 4.90 Å². The Kier molecular flexibility index (Phi) is 4.88. The van der Waals surface area contributed by atoms with Gasteiger partial charge in [-0.25, -0.2) is 4.79 Å².